The molecule has 32 heavy (non-hydrogen) atoms. The van der Waals surface area contributed by atoms with Crippen LogP contribution in [0.2, 0.25) is 0 Å². The molecule has 1 atom stereocenters. The number of piperidine rings is 1. The summed E-state index contributed by atoms with van der Waals surface area (Å²) < 4.78 is 14.8. The van der Waals surface area contributed by atoms with Gasteiger partial charge in [-0.3, -0.25) is 9.36 Å². The van der Waals surface area contributed by atoms with Crippen LogP contribution in [0.15, 0.2) is 47.4 Å². The van der Waals surface area contributed by atoms with Gasteiger partial charge in [0.05, 0.1) is 12.2 Å². The van der Waals surface area contributed by atoms with Gasteiger partial charge in [-0.2, -0.15) is 4.98 Å². The van der Waals surface area contributed by atoms with Crippen molar-refractivity contribution in [2.75, 3.05) is 39.0 Å². The molecule has 0 radical (unpaired) electrons. The van der Waals surface area contributed by atoms with Crippen LogP contribution in [0.25, 0.3) is 11.2 Å². The minimum Gasteiger partial charge on any atom is -0.337 e. The monoisotopic (exact) mass is 439 g/mol. The second-order valence-corrected chi connectivity index (χ2v) is 8.11. The first-order valence-electron chi connectivity index (χ1n) is 10.5. The van der Waals surface area contributed by atoms with Crippen molar-refractivity contribution in [3.05, 3.63) is 58.9 Å². The van der Waals surface area contributed by atoms with E-state index in [0.717, 1.165) is 12.8 Å². The highest BCUT2D eigenvalue weighted by molar-refractivity contribution is 5.87. The molecule has 3 aromatic rings. The van der Waals surface area contributed by atoms with E-state index >= 15 is 0 Å². The zero-order valence-corrected chi connectivity index (χ0v) is 18.1. The lowest BCUT2D eigenvalue weighted by Crippen LogP contribution is -2.42. The van der Waals surface area contributed by atoms with Gasteiger partial charge in [-0.25, -0.2) is 14.2 Å². The number of fused-ring (bicyclic) bond motifs is 1. The molecule has 1 fully saturated rings. The number of imidazole rings is 1. The molecule has 0 bridgehead atoms. The number of likely N-dealkylation sites (N-methyl/N-ethyl adjacent to an activating group) is 1. The van der Waals surface area contributed by atoms with Crippen LogP contribution in [0, 0.1) is 5.82 Å². The fraction of sp³-hybridized carbons (Fsp3) is 0.364. The number of anilines is 2. The molecule has 0 spiro atoms. The van der Waals surface area contributed by atoms with Gasteiger partial charge in [-0.15, -0.1) is 0 Å². The summed E-state index contributed by atoms with van der Waals surface area (Å²) in [6.45, 7) is 1.78. The van der Waals surface area contributed by atoms with E-state index in [1.807, 2.05) is 25.1 Å². The molecule has 1 saturated heterocycles. The number of aromatic amines is 1. The molecular weight excluding hydrogens is 413 g/mol. The summed E-state index contributed by atoms with van der Waals surface area (Å²) in [7, 11) is 3.88. The number of carbonyl (C=O) groups is 1. The molecule has 10 heteroatoms. The van der Waals surface area contributed by atoms with Crippen molar-refractivity contribution in [2.24, 2.45) is 0 Å². The summed E-state index contributed by atoms with van der Waals surface area (Å²) in [5, 5.41) is 3.03. The van der Waals surface area contributed by atoms with Crippen LogP contribution in [0.5, 0.6) is 0 Å². The van der Waals surface area contributed by atoms with Crippen molar-refractivity contribution in [3.8, 4) is 0 Å². The van der Waals surface area contributed by atoms with Gasteiger partial charge in [0.15, 0.2) is 5.65 Å². The summed E-state index contributed by atoms with van der Waals surface area (Å²) in [6, 6.07) is 5.66. The molecule has 1 aliphatic heterocycles. The SMILES string of the molecule is CN(C)C/C=C/C(=O)N1CCCC(n2c(=O)[nH]c3cnc(Nc4ccc(F)cc4)nc32)C1. The van der Waals surface area contributed by atoms with Crippen LogP contribution in [0.1, 0.15) is 18.9 Å². The average molecular weight is 439 g/mol. The Labute approximate surface area is 184 Å². The van der Waals surface area contributed by atoms with Crippen LogP contribution >= 0.6 is 0 Å². The number of halogens is 1. The van der Waals surface area contributed by atoms with Crippen molar-refractivity contribution < 1.29 is 9.18 Å². The zero-order chi connectivity index (χ0) is 22.7. The third-order valence-corrected chi connectivity index (χ3v) is 5.36. The molecule has 1 unspecified atom stereocenters. The van der Waals surface area contributed by atoms with Crippen LogP contribution in [-0.4, -0.2) is 69.0 Å². The number of nitrogens with zero attached hydrogens (tertiary/aromatic N) is 5. The molecule has 2 aromatic heterocycles. The van der Waals surface area contributed by atoms with E-state index in [9.17, 15) is 14.0 Å². The van der Waals surface area contributed by atoms with E-state index in [1.54, 1.807) is 33.9 Å². The van der Waals surface area contributed by atoms with Gasteiger partial charge in [-0.1, -0.05) is 6.08 Å². The van der Waals surface area contributed by atoms with Crippen molar-refractivity contribution in [1.29, 1.82) is 0 Å². The third kappa shape index (κ3) is 4.86. The number of hydrogen-bond donors (Lipinski definition) is 2. The van der Waals surface area contributed by atoms with E-state index in [1.165, 1.54) is 12.1 Å². The molecule has 4 rings (SSSR count). The number of aromatic nitrogens is 4. The quantitative estimate of drug-likeness (QED) is 0.572. The smallest absolute Gasteiger partial charge is 0.328 e. The minimum absolute atomic E-state index is 0.0577. The highest BCUT2D eigenvalue weighted by Crippen LogP contribution is 2.24. The Balaban J connectivity index is 1.56. The lowest BCUT2D eigenvalue weighted by atomic mass is 10.1. The largest absolute Gasteiger partial charge is 0.337 e. The van der Waals surface area contributed by atoms with Crippen molar-refractivity contribution >= 4 is 28.7 Å². The Kier molecular flexibility index (Phi) is 6.31. The fourth-order valence-electron chi connectivity index (χ4n) is 3.81. The number of benzene rings is 1. The normalized spacial score (nSPS) is 16.9. The summed E-state index contributed by atoms with van der Waals surface area (Å²) in [6.07, 6.45) is 6.53. The molecule has 3 heterocycles. The first-order chi connectivity index (χ1) is 15.4. The Hall–Kier alpha value is -3.53. The number of likely N-dealkylation sites (tertiary alicyclic amines) is 1. The predicted octanol–water partition coefficient (Wildman–Crippen LogP) is 2.28. The van der Waals surface area contributed by atoms with Crippen LogP contribution < -0.4 is 11.0 Å². The maximum absolute atomic E-state index is 13.2. The molecule has 2 N–H and O–H groups in total. The molecular formula is C22H26FN7O2. The second kappa shape index (κ2) is 9.31. The summed E-state index contributed by atoms with van der Waals surface area (Å²) in [5.74, 6) is -0.0932. The Morgan fingerprint density at radius 1 is 1.34 bits per heavy atom. The van der Waals surface area contributed by atoms with E-state index < -0.39 is 0 Å². The number of nitrogens with one attached hydrogen (secondary N) is 2. The maximum atomic E-state index is 13.2. The maximum Gasteiger partial charge on any atom is 0.328 e. The highest BCUT2D eigenvalue weighted by atomic mass is 19.1. The molecule has 9 nitrogen and oxygen atoms in total. The van der Waals surface area contributed by atoms with Gasteiger partial charge >= 0.3 is 5.69 Å². The van der Waals surface area contributed by atoms with Crippen LogP contribution in [0.4, 0.5) is 16.0 Å². The molecule has 1 aliphatic rings. The number of amides is 1. The zero-order valence-electron chi connectivity index (χ0n) is 18.1. The summed E-state index contributed by atoms with van der Waals surface area (Å²) in [5.41, 5.74) is 1.34. The van der Waals surface area contributed by atoms with Crippen molar-refractivity contribution in [2.45, 2.75) is 18.9 Å². The lowest BCUT2D eigenvalue weighted by molar-refractivity contribution is -0.127. The number of rotatable bonds is 6. The van der Waals surface area contributed by atoms with E-state index in [0.29, 0.717) is 42.4 Å². The standard InChI is InChI=1S/C22H26FN7O2/c1-28(2)11-4-6-19(31)29-12-3-5-17(14-29)30-20-18(26-22(30)32)13-24-21(27-20)25-16-9-7-15(23)8-10-16/h4,6-10,13,17H,3,5,11-12,14H2,1-2H3,(H,26,32)(H,24,25,27)/b6-4+. The molecule has 0 aliphatic carbocycles. The summed E-state index contributed by atoms with van der Waals surface area (Å²) in [4.78, 5) is 40.6. The molecule has 168 valence electrons. The van der Waals surface area contributed by atoms with Crippen molar-refractivity contribution in [3.63, 3.8) is 0 Å². The van der Waals surface area contributed by atoms with Gasteiger partial charge in [-0.05, 0) is 51.2 Å². The van der Waals surface area contributed by atoms with E-state index in [-0.39, 0.29) is 23.5 Å². The van der Waals surface area contributed by atoms with Gasteiger partial charge < -0.3 is 20.1 Å². The second-order valence-electron chi connectivity index (χ2n) is 8.11. The first kappa shape index (κ1) is 21.7. The highest BCUT2D eigenvalue weighted by Gasteiger charge is 2.27. The summed E-state index contributed by atoms with van der Waals surface area (Å²) >= 11 is 0. The van der Waals surface area contributed by atoms with Gasteiger partial charge in [0.25, 0.3) is 0 Å². The Morgan fingerprint density at radius 2 is 2.12 bits per heavy atom. The molecule has 0 saturated carbocycles. The third-order valence-electron chi connectivity index (χ3n) is 5.36. The average Bonchev–Trinajstić information content (AvgIpc) is 3.10. The predicted molar refractivity (Wildman–Crippen MR) is 120 cm³/mol. The topological polar surface area (TPSA) is 99.2 Å². The van der Waals surface area contributed by atoms with E-state index in [4.69, 9.17) is 0 Å². The molecule has 1 aromatic carbocycles. The first-order valence-corrected chi connectivity index (χ1v) is 10.5. The van der Waals surface area contributed by atoms with Gasteiger partial charge in [0, 0.05) is 31.4 Å². The Bertz CT molecular complexity index is 1180. The van der Waals surface area contributed by atoms with Crippen molar-refractivity contribution in [1.82, 2.24) is 29.3 Å². The van der Waals surface area contributed by atoms with Gasteiger partial charge in [0.1, 0.15) is 11.3 Å². The molecule has 1 amide bonds. The number of hydrogen-bond acceptors (Lipinski definition) is 6. The van der Waals surface area contributed by atoms with Crippen LogP contribution in [-0.2, 0) is 4.79 Å². The van der Waals surface area contributed by atoms with Crippen LogP contribution in [0.3, 0.4) is 0 Å². The minimum atomic E-state index is -0.334. The fourth-order valence-corrected chi connectivity index (χ4v) is 3.81. The lowest BCUT2D eigenvalue weighted by Gasteiger charge is -2.32. The number of carbonyl (C=O) groups excluding carboxylic acids is 1. The van der Waals surface area contributed by atoms with E-state index in [2.05, 4.69) is 20.3 Å². The Morgan fingerprint density at radius 3 is 2.88 bits per heavy atom. The van der Waals surface area contributed by atoms with Gasteiger partial charge in [0.2, 0.25) is 11.9 Å². The number of H-pyrrole nitrogens is 1.